The van der Waals surface area contributed by atoms with Crippen molar-refractivity contribution in [1.29, 1.82) is 0 Å². The van der Waals surface area contributed by atoms with Crippen molar-refractivity contribution in [3.8, 4) is 0 Å². The molecule has 0 N–H and O–H groups in total. The van der Waals surface area contributed by atoms with Gasteiger partial charge in [-0.25, -0.2) is 18.4 Å². The largest absolute Gasteiger partial charge is 0.291 e. The molecule has 5 nitrogen and oxygen atoms in total. The van der Waals surface area contributed by atoms with Gasteiger partial charge in [0.25, 0.3) is 0 Å². The first-order chi connectivity index (χ1) is 6.54. The Morgan fingerprint density at radius 3 is 2.93 bits per heavy atom. The number of nitrogens with zero attached hydrogens (tertiary/aromatic N) is 3. The molecule has 6 heteroatoms. The maximum Gasteiger partial charge on any atom is 0.233 e. The summed E-state index contributed by atoms with van der Waals surface area (Å²) < 4.78 is 23.5. The molecular formula is C8H8N3O2S. The summed E-state index contributed by atoms with van der Waals surface area (Å²) in [6.45, 7) is 0. The van der Waals surface area contributed by atoms with E-state index in [0.29, 0.717) is 11.5 Å². The number of sulfone groups is 1. The molecule has 0 spiro atoms. The number of rotatable bonds is 2. The van der Waals surface area contributed by atoms with Crippen LogP contribution in [0, 0.1) is 6.26 Å². The Morgan fingerprint density at radius 2 is 2.29 bits per heavy atom. The third-order valence-electron chi connectivity index (χ3n) is 1.65. The van der Waals surface area contributed by atoms with Gasteiger partial charge in [0.15, 0.2) is 9.84 Å². The molecule has 0 saturated heterocycles. The first kappa shape index (κ1) is 9.14. The molecule has 2 heterocycles. The van der Waals surface area contributed by atoms with Crippen LogP contribution in [0.4, 0.5) is 0 Å². The minimum Gasteiger partial charge on any atom is -0.291 e. The Hall–Kier alpha value is -1.43. The lowest BCUT2D eigenvalue weighted by atomic mass is 10.6. The van der Waals surface area contributed by atoms with Gasteiger partial charge < -0.3 is 0 Å². The van der Waals surface area contributed by atoms with Gasteiger partial charge in [-0.1, -0.05) is 0 Å². The van der Waals surface area contributed by atoms with Crippen molar-refractivity contribution in [1.82, 2.24) is 14.4 Å². The van der Waals surface area contributed by atoms with Gasteiger partial charge in [0.2, 0.25) is 5.78 Å². The third-order valence-corrected chi connectivity index (χ3v) is 2.39. The summed E-state index contributed by atoms with van der Waals surface area (Å²) in [5.74, 6) is 0.335. The fourth-order valence-electron chi connectivity index (χ4n) is 1.17. The van der Waals surface area contributed by atoms with Gasteiger partial charge in [-0.2, -0.15) is 0 Å². The predicted molar refractivity (Wildman–Crippen MR) is 51.0 cm³/mol. The van der Waals surface area contributed by atoms with Crippen molar-refractivity contribution in [3.63, 3.8) is 0 Å². The van der Waals surface area contributed by atoms with Crippen LogP contribution in [0.15, 0.2) is 24.7 Å². The molecule has 2 rings (SSSR count). The second-order valence-electron chi connectivity index (χ2n) is 2.95. The topological polar surface area (TPSA) is 64.3 Å². The van der Waals surface area contributed by atoms with E-state index in [1.807, 2.05) is 0 Å². The number of hydrogen-bond donors (Lipinski definition) is 0. The van der Waals surface area contributed by atoms with Crippen LogP contribution in [-0.4, -0.2) is 22.8 Å². The van der Waals surface area contributed by atoms with Crippen molar-refractivity contribution in [2.45, 2.75) is 5.75 Å². The molecule has 0 amide bonds. The van der Waals surface area contributed by atoms with Crippen molar-refractivity contribution in [2.24, 2.45) is 0 Å². The normalized spacial score (nSPS) is 12.1. The highest BCUT2D eigenvalue weighted by Gasteiger charge is 2.08. The predicted octanol–water partition coefficient (Wildman–Crippen LogP) is 0.436. The van der Waals surface area contributed by atoms with Gasteiger partial charge in [0.1, 0.15) is 0 Å². The van der Waals surface area contributed by atoms with E-state index < -0.39 is 9.84 Å². The summed E-state index contributed by atoms with van der Waals surface area (Å²) >= 11 is 0. The monoisotopic (exact) mass is 210 g/mol. The third kappa shape index (κ3) is 1.90. The van der Waals surface area contributed by atoms with Gasteiger partial charge in [-0.3, -0.25) is 4.40 Å². The zero-order chi connectivity index (χ0) is 10.2. The average molecular weight is 210 g/mol. The number of aromatic nitrogens is 3. The zero-order valence-corrected chi connectivity index (χ0v) is 8.11. The standard InChI is InChI=1S/C8H8N3O2S/c1-14(12,13)6-7-5-11-4-2-3-9-8(11)10-7/h2-5H,1,6H2. The van der Waals surface area contributed by atoms with Crippen molar-refractivity contribution >= 4 is 15.6 Å². The van der Waals surface area contributed by atoms with Crippen LogP contribution < -0.4 is 0 Å². The van der Waals surface area contributed by atoms with Crippen LogP contribution >= 0.6 is 0 Å². The number of fused-ring (bicyclic) bond motifs is 1. The molecule has 0 unspecified atom stereocenters. The molecule has 0 atom stereocenters. The summed E-state index contributed by atoms with van der Waals surface area (Å²) in [7, 11) is -3.28. The highest BCUT2D eigenvalue weighted by Crippen LogP contribution is 2.05. The highest BCUT2D eigenvalue weighted by molar-refractivity contribution is 7.91. The van der Waals surface area contributed by atoms with Gasteiger partial charge in [-0.05, 0) is 6.07 Å². The lowest BCUT2D eigenvalue weighted by Gasteiger charge is -1.89. The molecule has 0 fully saturated rings. The Morgan fingerprint density at radius 1 is 1.50 bits per heavy atom. The molecule has 73 valence electrons. The molecule has 0 aliphatic rings. The van der Waals surface area contributed by atoms with Crippen molar-refractivity contribution < 1.29 is 8.42 Å². The van der Waals surface area contributed by atoms with E-state index in [4.69, 9.17) is 0 Å². The van der Waals surface area contributed by atoms with E-state index in [1.54, 1.807) is 29.1 Å². The first-order valence-electron chi connectivity index (χ1n) is 3.89. The molecule has 0 bridgehead atoms. The summed E-state index contributed by atoms with van der Waals surface area (Å²) in [5, 5.41) is 0. The smallest absolute Gasteiger partial charge is 0.233 e. The summed E-state index contributed by atoms with van der Waals surface area (Å²) in [5.41, 5.74) is 0.457. The zero-order valence-electron chi connectivity index (χ0n) is 7.29. The van der Waals surface area contributed by atoms with E-state index in [9.17, 15) is 8.42 Å². The van der Waals surface area contributed by atoms with Crippen LogP contribution in [0.1, 0.15) is 5.69 Å². The highest BCUT2D eigenvalue weighted by atomic mass is 32.2. The first-order valence-corrected chi connectivity index (χ1v) is 5.71. The maximum absolute atomic E-state index is 10.9. The summed E-state index contributed by atoms with van der Waals surface area (Å²) in [6, 6.07) is 1.75. The molecule has 2 aromatic rings. The second kappa shape index (κ2) is 3.06. The van der Waals surface area contributed by atoms with E-state index in [2.05, 4.69) is 16.2 Å². The van der Waals surface area contributed by atoms with Gasteiger partial charge in [0.05, 0.1) is 17.7 Å². The van der Waals surface area contributed by atoms with Crippen LogP contribution in [0.5, 0.6) is 0 Å². The van der Waals surface area contributed by atoms with E-state index >= 15 is 0 Å². The van der Waals surface area contributed by atoms with E-state index in [-0.39, 0.29) is 5.75 Å². The van der Waals surface area contributed by atoms with Crippen LogP contribution in [-0.2, 0) is 15.6 Å². The SMILES string of the molecule is [CH2]S(=O)(=O)Cc1cn2cccnc2n1. The number of hydrogen-bond acceptors (Lipinski definition) is 4. The molecule has 0 aliphatic heterocycles. The van der Waals surface area contributed by atoms with E-state index in [0.717, 1.165) is 0 Å². The lowest BCUT2D eigenvalue weighted by molar-refractivity contribution is 0.603. The van der Waals surface area contributed by atoms with E-state index in [1.165, 1.54) is 0 Å². The van der Waals surface area contributed by atoms with Gasteiger partial charge in [-0.15, -0.1) is 0 Å². The minimum atomic E-state index is -3.28. The Labute approximate surface area is 81.3 Å². The van der Waals surface area contributed by atoms with Crippen molar-refractivity contribution in [3.05, 3.63) is 36.6 Å². The second-order valence-corrected chi connectivity index (χ2v) is 4.72. The minimum absolute atomic E-state index is 0.156. The van der Waals surface area contributed by atoms with Gasteiger partial charge >= 0.3 is 0 Å². The Balaban J connectivity index is 2.46. The molecule has 0 aliphatic carbocycles. The average Bonchev–Trinajstić information content (AvgIpc) is 2.42. The fourth-order valence-corrected chi connectivity index (χ4v) is 1.76. The molecular weight excluding hydrogens is 202 g/mol. The van der Waals surface area contributed by atoms with Crippen molar-refractivity contribution in [2.75, 3.05) is 0 Å². The fraction of sp³-hybridized carbons (Fsp3) is 0.125. The molecule has 14 heavy (non-hydrogen) atoms. The molecule has 2 aromatic heterocycles. The van der Waals surface area contributed by atoms with Crippen LogP contribution in [0.25, 0.3) is 5.78 Å². The number of imidazole rings is 1. The summed E-state index contributed by atoms with van der Waals surface area (Å²) in [6.07, 6.45) is 8.03. The van der Waals surface area contributed by atoms with Gasteiger partial charge in [0, 0.05) is 18.6 Å². The maximum atomic E-state index is 10.9. The quantitative estimate of drug-likeness (QED) is 0.721. The lowest BCUT2D eigenvalue weighted by Crippen LogP contribution is -1.98. The molecule has 0 saturated carbocycles. The van der Waals surface area contributed by atoms with Crippen LogP contribution in [0.2, 0.25) is 0 Å². The van der Waals surface area contributed by atoms with Crippen LogP contribution in [0.3, 0.4) is 0 Å². The Kier molecular flexibility index (Phi) is 1.99. The Bertz CT molecular complexity index is 526. The molecule has 1 radical (unpaired) electrons. The molecule has 0 aromatic carbocycles. The summed E-state index contributed by atoms with van der Waals surface area (Å²) in [4.78, 5) is 8.00.